The van der Waals surface area contributed by atoms with Gasteiger partial charge in [-0.2, -0.15) is 0 Å². The molecule has 0 radical (unpaired) electrons. The molecule has 0 saturated heterocycles. The second-order valence-electron chi connectivity index (χ2n) is 4.92. The van der Waals surface area contributed by atoms with Crippen LogP contribution in [0, 0.1) is 0 Å². The molecule has 23 heavy (non-hydrogen) atoms. The van der Waals surface area contributed by atoms with Crippen molar-refractivity contribution in [2.24, 2.45) is 0 Å². The number of aliphatic hydroxyl groups excluding tert-OH is 1. The summed E-state index contributed by atoms with van der Waals surface area (Å²) >= 11 is 0. The third-order valence-corrected chi connectivity index (χ3v) is 3.25. The lowest BCUT2D eigenvalue weighted by molar-refractivity contribution is -0.144. The van der Waals surface area contributed by atoms with Crippen molar-refractivity contribution in [1.82, 2.24) is 5.32 Å². The number of carbonyl (C=O) groups excluding carboxylic acids is 1. The fourth-order valence-electron chi connectivity index (χ4n) is 2.06. The van der Waals surface area contributed by atoms with Gasteiger partial charge in [0.15, 0.2) is 6.04 Å². The van der Waals surface area contributed by atoms with E-state index in [1.54, 1.807) is 36.4 Å². The largest absolute Gasteiger partial charge is 0.480 e. The molecule has 3 N–H and O–H groups in total. The van der Waals surface area contributed by atoms with Gasteiger partial charge in [-0.15, -0.1) is 0 Å². The maximum absolute atomic E-state index is 11.9. The minimum atomic E-state index is -1.43. The van der Waals surface area contributed by atoms with Gasteiger partial charge in [0.25, 0.3) is 0 Å². The van der Waals surface area contributed by atoms with Crippen LogP contribution in [0.3, 0.4) is 0 Å². The maximum Gasteiger partial charge on any atom is 0.329 e. The van der Waals surface area contributed by atoms with Gasteiger partial charge in [0.2, 0.25) is 5.91 Å². The third-order valence-electron chi connectivity index (χ3n) is 3.25. The summed E-state index contributed by atoms with van der Waals surface area (Å²) in [4.78, 5) is 23.2. The van der Waals surface area contributed by atoms with Crippen LogP contribution >= 0.6 is 0 Å². The summed E-state index contributed by atoms with van der Waals surface area (Å²) < 4.78 is 0. The van der Waals surface area contributed by atoms with Gasteiger partial charge in [-0.25, -0.2) is 4.79 Å². The highest BCUT2D eigenvalue weighted by molar-refractivity contribution is 5.94. The summed E-state index contributed by atoms with van der Waals surface area (Å²) in [5.41, 5.74) is 1.24. The second kappa shape index (κ2) is 7.91. The number of aliphatic hydroxyl groups is 1. The summed E-state index contributed by atoms with van der Waals surface area (Å²) in [6, 6.07) is 16.1. The molecule has 5 heteroatoms. The number of carbonyl (C=O) groups is 2. The molecule has 118 valence electrons. The maximum atomic E-state index is 11.9. The molecule has 0 fully saturated rings. The highest BCUT2D eigenvalue weighted by Gasteiger charge is 2.28. The number of rotatable bonds is 6. The van der Waals surface area contributed by atoms with E-state index in [0.717, 1.165) is 5.56 Å². The summed E-state index contributed by atoms with van der Waals surface area (Å²) in [6.45, 7) is 0. The Morgan fingerprint density at radius 1 is 0.957 bits per heavy atom. The molecule has 0 spiro atoms. The zero-order valence-corrected chi connectivity index (χ0v) is 12.3. The van der Waals surface area contributed by atoms with E-state index in [-0.39, 0.29) is 0 Å². The number of carboxylic acid groups (broad SMARTS) is 1. The molecule has 2 unspecified atom stereocenters. The Hall–Kier alpha value is -2.92. The average molecular weight is 311 g/mol. The van der Waals surface area contributed by atoms with E-state index in [2.05, 4.69) is 5.32 Å². The van der Waals surface area contributed by atoms with Gasteiger partial charge in [-0.3, -0.25) is 4.79 Å². The van der Waals surface area contributed by atoms with Crippen molar-refractivity contribution < 1.29 is 19.8 Å². The van der Waals surface area contributed by atoms with Crippen molar-refractivity contribution in [2.45, 2.75) is 12.1 Å². The first-order valence-electron chi connectivity index (χ1n) is 7.07. The molecule has 2 aromatic carbocycles. The fourth-order valence-corrected chi connectivity index (χ4v) is 2.06. The van der Waals surface area contributed by atoms with Crippen LogP contribution in [0.5, 0.6) is 0 Å². The minimum absolute atomic E-state index is 0.423. The lowest BCUT2D eigenvalue weighted by atomic mass is 10.0. The number of benzene rings is 2. The molecule has 0 aromatic heterocycles. The van der Waals surface area contributed by atoms with Crippen LogP contribution in [-0.2, 0) is 9.59 Å². The molecule has 5 nitrogen and oxygen atoms in total. The van der Waals surface area contributed by atoms with E-state index in [9.17, 15) is 19.8 Å². The molecule has 0 saturated carbocycles. The van der Waals surface area contributed by atoms with Gasteiger partial charge in [0.1, 0.15) is 6.10 Å². The SMILES string of the molecule is O=C(/C=C/c1ccccc1)NC(C(=O)O)C(O)c1ccccc1. The Morgan fingerprint density at radius 2 is 1.52 bits per heavy atom. The first kappa shape index (κ1) is 16.5. The van der Waals surface area contributed by atoms with E-state index in [1.165, 1.54) is 6.08 Å². The van der Waals surface area contributed by atoms with Gasteiger partial charge in [0.05, 0.1) is 0 Å². The monoisotopic (exact) mass is 311 g/mol. The van der Waals surface area contributed by atoms with E-state index >= 15 is 0 Å². The number of amides is 1. The molecule has 0 bridgehead atoms. The van der Waals surface area contributed by atoms with E-state index in [0.29, 0.717) is 5.56 Å². The molecule has 2 atom stereocenters. The molecule has 2 aromatic rings. The number of aliphatic carboxylic acids is 1. The smallest absolute Gasteiger partial charge is 0.329 e. The summed E-state index contributed by atoms with van der Waals surface area (Å²) in [5.74, 6) is -1.89. The molecular formula is C18H17NO4. The topological polar surface area (TPSA) is 86.6 Å². The minimum Gasteiger partial charge on any atom is -0.480 e. The zero-order chi connectivity index (χ0) is 16.7. The van der Waals surface area contributed by atoms with Crippen LogP contribution in [0.25, 0.3) is 6.08 Å². The van der Waals surface area contributed by atoms with Crippen molar-refractivity contribution >= 4 is 18.0 Å². The van der Waals surface area contributed by atoms with Crippen LogP contribution in [0.4, 0.5) is 0 Å². The highest BCUT2D eigenvalue weighted by Crippen LogP contribution is 2.16. The predicted octanol–water partition coefficient (Wildman–Crippen LogP) is 2.00. The van der Waals surface area contributed by atoms with Crippen LogP contribution in [0.2, 0.25) is 0 Å². The molecule has 2 rings (SSSR count). The Morgan fingerprint density at radius 3 is 2.09 bits per heavy atom. The summed E-state index contributed by atoms with van der Waals surface area (Å²) in [7, 11) is 0. The number of nitrogens with one attached hydrogen (secondary N) is 1. The molecule has 0 aliphatic rings. The molecule has 0 aliphatic heterocycles. The quantitative estimate of drug-likeness (QED) is 0.712. The molecule has 1 amide bonds. The van der Waals surface area contributed by atoms with Crippen LogP contribution in [0.1, 0.15) is 17.2 Å². The third kappa shape index (κ3) is 4.79. The average Bonchev–Trinajstić information content (AvgIpc) is 2.58. The van der Waals surface area contributed by atoms with E-state index in [1.807, 2.05) is 30.3 Å². The number of hydrogen-bond donors (Lipinski definition) is 3. The van der Waals surface area contributed by atoms with Gasteiger partial charge in [-0.1, -0.05) is 60.7 Å². The Bertz CT molecular complexity index is 683. The predicted molar refractivity (Wildman–Crippen MR) is 86.4 cm³/mol. The zero-order valence-electron chi connectivity index (χ0n) is 12.3. The van der Waals surface area contributed by atoms with E-state index < -0.39 is 24.0 Å². The van der Waals surface area contributed by atoms with E-state index in [4.69, 9.17) is 0 Å². The van der Waals surface area contributed by atoms with Crippen LogP contribution in [-0.4, -0.2) is 28.1 Å². The van der Waals surface area contributed by atoms with Gasteiger partial charge in [0, 0.05) is 6.08 Å². The first-order valence-corrected chi connectivity index (χ1v) is 7.07. The number of carboxylic acids is 1. The summed E-state index contributed by atoms with van der Waals surface area (Å²) in [6.07, 6.45) is 1.48. The van der Waals surface area contributed by atoms with Crippen molar-refractivity contribution in [3.63, 3.8) is 0 Å². The van der Waals surface area contributed by atoms with Crippen molar-refractivity contribution in [3.05, 3.63) is 77.9 Å². The fraction of sp³-hybridized carbons (Fsp3) is 0.111. The van der Waals surface area contributed by atoms with Gasteiger partial charge in [-0.05, 0) is 17.2 Å². The second-order valence-corrected chi connectivity index (χ2v) is 4.92. The van der Waals surface area contributed by atoms with Gasteiger partial charge >= 0.3 is 5.97 Å². The Balaban J connectivity index is 2.06. The van der Waals surface area contributed by atoms with Crippen molar-refractivity contribution in [2.75, 3.05) is 0 Å². The lowest BCUT2D eigenvalue weighted by Crippen LogP contribution is -2.44. The van der Waals surface area contributed by atoms with Crippen LogP contribution < -0.4 is 5.32 Å². The van der Waals surface area contributed by atoms with Crippen LogP contribution in [0.15, 0.2) is 66.7 Å². The van der Waals surface area contributed by atoms with Crippen molar-refractivity contribution in [1.29, 1.82) is 0 Å². The first-order chi connectivity index (χ1) is 11.1. The molecule has 0 aliphatic carbocycles. The summed E-state index contributed by atoms with van der Waals surface area (Å²) in [5, 5.41) is 21.7. The normalized spacial score (nSPS) is 13.4. The number of hydrogen-bond acceptors (Lipinski definition) is 3. The van der Waals surface area contributed by atoms with Gasteiger partial charge < -0.3 is 15.5 Å². The molecule has 0 heterocycles. The highest BCUT2D eigenvalue weighted by atomic mass is 16.4. The standard InChI is InChI=1S/C18H17NO4/c20-15(12-11-13-7-3-1-4-8-13)19-16(18(22)23)17(21)14-9-5-2-6-10-14/h1-12,16-17,21H,(H,19,20)(H,22,23)/b12-11+. The molecular weight excluding hydrogens is 294 g/mol. The Labute approximate surface area is 133 Å². The Kier molecular flexibility index (Phi) is 5.66. The van der Waals surface area contributed by atoms with Crippen molar-refractivity contribution in [3.8, 4) is 0 Å². The lowest BCUT2D eigenvalue weighted by Gasteiger charge is -2.20.